The van der Waals surface area contributed by atoms with Crippen LogP contribution in [0.5, 0.6) is 0 Å². The summed E-state index contributed by atoms with van der Waals surface area (Å²) in [6, 6.07) is 18.8. The van der Waals surface area contributed by atoms with Crippen LogP contribution in [-0.2, 0) is 19.9 Å². The van der Waals surface area contributed by atoms with E-state index >= 15 is 0 Å². The fraction of sp³-hybridized carbons (Fsp3) is 0.208. The minimum atomic E-state index is -3.78. The first-order chi connectivity index (χ1) is 15.4. The Morgan fingerprint density at radius 3 is 2.03 bits per heavy atom. The summed E-state index contributed by atoms with van der Waals surface area (Å²) < 4.78 is 50.3. The molecule has 7 nitrogen and oxygen atoms in total. The van der Waals surface area contributed by atoms with E-state index in [1.54, 1.807) is 61.5 Å². The molecule has 0 bridgehead atoms. The number of sulfonamides is 1. The Hall–Kier alpha value is -3.17. The number of amides is 1. The Kier molecular flexibility index (Phi) is 6.94. The van der Waals surface area contributed by atoms with Crippen LogP contribution in [0.4, 0.5) is 5.69 Å². The Morgan fingerprint density at radius 2 is 1.45 bits per heavy atom. The molecule has 3 aromatic carbocycles. The van der Waals surface area contributed by atoms with Crippen molar-refractivity contribution >= 4 is 31.5 Å². The average molecular weight is 487 g/mol. The van der Waals surface area contributed by atoms with Crippen LogP contribution >= 0.6 is 0 Å². The van der Waals surface area contributed by atoms with Crippen molar-refractivity contribution in [3.8, 4) is 0 Å². The van der Waals surface area contributed by atoms with Gasteiger partial charge in [-0.05, 0) is 61.9 Å². The van der Waals surface area contributed by atoms with Gasteiger partial charge in [-0.15, -0.1) is 0 Å². The van der Waals surface area contributed by atoms with Gasteiger partial charge in [0.25, 0.3) is 15.9 Å². The maximum atomic E-state index is 13.0. The summed E-state index contributed by atoms with van der Waals surface area (Å²) in [4.78, 5) is 13.2. The predicted molar refractivity (Wildman–Crippen MR) is 129 cm³/mol. The molecule has 0 aliphatic rings. The maximum absolute atomic E-state index is 13.0. The Labute approximate surface area is 195 Å². The van der Waals surface area contributed by atoms with Crippen LogP contribution in [0.2, 0.25) is 0 Å². The fourth-order valence-corrected chi connectivity index (χ4v) is 5.03. The minimum absolute atomic E-state index is 0.164. The van der Waals surface area contributed by atoms with Gasteiger partial charge in [0.15, 0.2) is 9.84 Å². The monoisotopic (exact) mass is 486 g/mol. The van der Waals surface area contributed by atoms with Gasteiger partial charge in [-0.3, -0.25) is 9.10 Å². The molecular weight excluding hydrogens is 460 g/mol. The van der Waals surface area contributed by atoms with Crippen molar-refractivity contribution in [3.63, 3.8) is 0 Å². The molecule has 0 fully saturated rings. The van der Waals surface area contributed by atoms with Crippen LogP contribution in [0, 0.1) is 6.92 Å². The van der Waals surface area contributed by atoms with Crippen LogP contribution in [0.3, 0.4) is 0 Å². The van der Waals surface area contributed by atoms with E-state index in [2.05, 4.69) is 5.32 Å². The van der Waals surface area contributed by atoms with Crippen molar-refractivity contribution in [3.05, 3.63) is 89.5 Å². The van der Waals surface area contributed by atoms with Gasteiger partial charge in [0, 0.05) is 18.9 Å². The summed E-state index contributed by atoms with van der Waals surface area (Å²) in [5, 5.41) is 2.86. The highest BCUT2D eigenvalue weighted by atomic mass is 32.2. The largest absolute Gasteiger partial charge is 0.346 e. The molecule has 9 heteroatoms. The lowest BCUT2D eigenvalue weighted by atomic mass is 10.1. The summed E-state index contributed by atoms with van der Waals surface area (Å²) in [5.41, 5.74) is 2.35. The maximum Gasteiger partial charge on any atom is 0.264 e. The smallest absolute Gasteiger partial charge is 0.264 e. The highest BCUT2D eigenvalue weighted by Crippen LogP contribution is 2.24. The minimum Gasteiger partial charge on any atom is -0.346 e. The van der Waals surface area contributed by atoms with Crippen LogP contribution in [0.1, 0.15) is 34.5 Å². The average Bonchev–Trinajstić information content (AvgIpc) is 2.78. The molecule has 1 atom stereocenters. The van der Waals surface area contributed by atoms with Crippen molar-refractivity contribution < 1.29 is 21.6 Å². The standard InChI is InChI=1S/C24H26N2O5S2/c1-17-8-12-23(13-9-17)33(30,31)26(3)21-7-5-6-20(16-21)24(27)25-18(2)19-10-14-22(15-11-19)32(4,28)29/h5-16,18H,1-4H3,(H,25,27). The van der Waals surface area contributed by atoms with Gasteiger partial charge >= 0.3 is 0 Å². The number of rotatable bonds is 7. The molecule has 0 saturated heterocycles. The van der Waals surface area contributed by atoms with Gasteiger partial charge in [0.1, 0.15) is 0 Å². The van der Waals surface area contributed by atoms with Crippen molar-refractivity contribution in [2.45, 2.75) is 29.7 Å². The van der Waals surface area contributed by atoms with E-state index in [0.717, 1.165) is 21.7 Å². The van der Waals surface area contributed by atoms with Crippen molar-refractivity contribution in [1.82, 2.24) is 5.32 Å². The number of carbonyl (C=O) groups excluding carboxylic acids is 1. The molecule has 1 unspecified atom stereocenters. The van der Waals surface area contributed by atoms with E-state index in [9.17, 15) is 21.6 Å². The summed E-state index contributed by atoms with van der Waals surface area (Å²) in [7, 11) is -5.64. The van der Waals surface area contributed by atoms with E-state index in [1.165, 1.54) is 25.2 Å². The number of carbonyl (C=O) groups is 1. The highest BCUT2D eigenvalue weighted by Gasteiger charge is 2.22. The van der Waals surface area contributed by atoms with E-state index in [0.29, 0.717) is 11.3 Å². The van der Waals surface area contributed by atoms with E-state index in [1.807, 2.05) is 6.92 Å². The van der Waals surface area contributed by atoms with E-state index in [4.69, 9.17) is 0 Å². The number of aryl methyl sites for hydroxylation is 1. The third-order valence-corrected chi connectivity index (χ3v) is 8.24. The molecule has 33 heavy (non-hydrogen) atoms. The number of hydrogen-bond donors (Lipinski definition) is 1. The fourth-order valence-electron chi connectivity index (χ4n) is 3.22. The SMILES string of the molecule is Cc1ccc(S(=O)(=O)N(C)c2cccc(C(=O)NC(C)c3ccc(S(C)(=O)=O)cc3)c2)cc1. The zero-order chi connectivity index (χ0) is 24.4. The Morgan fingerprint density at radius 1 is 0.879 bits per heavy atom. The van der Waals surface area contributed by atoms with Gasteiger partial charge in [0.05, 0.1) is 21.5 Å². The molecule has 0 saturated carbocycles. The quantitative estimate of drug-likeness (QED) is 0.549. The summed E-state index contributed by atoms with van der Waals surface area (Å²) in [5.74, 6) is -0.377. The third-order valence-electron chi connectivity index (χ3n) is 5.31. The predicted octanol–water partition coefficient (Wildman–Crippen LogP) is 3.71. The van der Waals surface area contributed by atoms with Gasteiger partial charge in [-0.25, -0.2) is 16.8 Å². The molecule has 0 aliphatic carbocycles. The van der Waals surface area contributed by atoms with Crippen LogP contribution in [-0.4, -0.2) is 36.0 Å². The lowest BCUT2D eigenvalue weighted by molar-refractivity contribution is 0.0940. The first kappa shape index (κ1) is 24.5. The second-order valence-corrected chi connectivity index (χ2v) is 11.9. The normalized spacial score (nSPS) is 12.7. The lowest BCUT2D eigenvalue weighted by Crippen LogP contribution is -2.28. The first-order valence-corrected chi connectivity index (χ1v) is 13.5. The lowest BCUT2D eigenvalue weighted by Gasteiger charge is -2.21. The second kappa shape index (κ2) is 9.36. The molecule has 0 aromatic heterocycles. The zero-order valence-corrected chi connectivity index (χ0v) is 20.4. The number of benzene rings is 3. The van der Waals surface area contributed by atoms with Crippen LogP contribution < -0.4 is 9.62 Å². The van der Waals surface area contributed by atoms with E-state index < -0.39 is 19.9 Å². The molecule has 1 N–H and O–H groups in total. The van der Waals surface area contributed by atoms with Gasteiger partial charge in [-0.1, -0.05) is 35.9 Å². The van der Waals surface area contributed by atoms with Crippen LogP contribution in [0.15, 0.2) is 82.6 Å². The molecule has 1 amide bonds. The molecule has 0 spiro atoms. The molecular formula is C24H26N2O5S2. The molecule has 3 aromatic rings. The summed E-state index contributed by atoms with van der Waals surface area (Å²) in [6.07, 6.45) is 1.14. The van der Waals surface area contributed by atoms with Crippen molar-refractivity contribution in [2.75, 3.05) is 17.6 Å². The molecule has 0 radical (unpaired) electrons. The second-order valence-electron chi connectivity index (χ2n) is 7.87. The van der Waals surface area contributed by atoms with Crippen molar-refractivity contribution in [1.29, 1.82) is 0 Å². The Balaban J connectivity index is 1.78. The van der Waals surface area contributed by atoms with Gasteiger partial charge in [0.2, 0.25) is 0 Å². The van der Waals surface area contributed by atoms with Crippen LogP contribution in [0.25, 0.3) is 0 Å². The summed E-state index contributed by atoms with van der Waals surface area (Å²) in [6.45, 7) is 3.66. The zero-order valence-electron chi connectivity index (χ0n) is 18.8. The van der Waals surface area contributed by atoms with E-state index in [-0.39, 0.29) is 21.7 Å². The third kappa shape index (κ3) is 5.61. The number of hydrogen-bond acceptors (Lipinski definition) is 5. The first-order valence-electron chi connectivity index (χ1n) is 10.2. The molecule has 3 rings (SSSR count). The summed E-state index contributed by atoms with van der Waals surface area (Å²) >= 11 is 0. The number of nitrogens with one attached hydrogen (secondary N) is 1. The van der Waals surface area contributed by atoms with Crippen molar-refractivity contribution in [2.24, 2.45) is 0 Å². The van der Waals surface area contributed by atoms with Gasteiger partial charge < -0.3 is 5.32 Å². The molecule has 0 aliphatic heterocycles. The highest BCUT2D eigenvalue weighted by molar-refractivity contribution is 7.92. The molecule has 0 heterocycles. The molecule has 174 valence electrons. The number of anilines is 1. The number of nitrogens with zero attached hydrogens (tertiary/aromatic N) is 1. The Bertz CT molecular complexity index is 1370. The topological polar surface area (TPSA) is 101 Å². The number of sulfone groups is 1. The van der Waals surface area contributed by atoms with Gasteiger partial charge in [-0.2, -0.15) is 0 Å².